The molecule has 2 aromatic rings. The lowest BCUT2D eigenvalue weighted by atomic mass is 10.1. The van der Waals surface area contributed by atoms with Crippen molar-refractivity contribution in [2.75, 3.05) is 13.2 Å². The summed E-state index contributed by atoms with van der Waals surface area (Å²) in [4.78, 5) is 0. The summed E-state index contributed by atoms with van der Waals surface area (Å²) in [5.41, 5.74) is 4.32. The second kappa shape index (κ2) is 6.38. The third-order valence-corrected chi connectivity index (χ3v) is 3.07. The first kappa shape index (κ1) is 13.6. The third-order valence-electron chi connectivity index (χ3n) is 3.07. The Morgan fingerprint density at radius 1 is 1.26 bits per heavy atom. The molecule has 19 heavy (non-hydrogen) atoms. The number of nitrogens with one attached hydrogen (secondary N) is 2. The number of hydrogen-bond donors (Lipinski definition) is 2. The number of rotatable bonds is 6. The van der Waals surface area contributed by atoms with E-state index in [9.17, 15) is 0 Å². The summed E-state index contributed by atoms with van der Waals surface area (Å²) < 4.78 is 5.69. The molecule has 0 atom stereocenters. The van der Waals surface area contributed by atoms with Crippen molar-refractivity contribution < 1.29 is 4.74 Å². The van der Waals surface area contributed by atoms with Gasteiger partial charge in [0, 0.05) is 23.4 Å². The van der Waals surface area contributed by atoms with Gasteiger partial charge in [-0.05, 0) is 32.5 Å². The summed E-state index contributed by atoms with van der Waals surface area (Å²) in [6.07, 6.45) is 0. The van der Waals surface area contributed by atoms with Gasteiger partial charge in [-0.15, -0.1) is 0 Å². The topological polar surface area (TPSA) is 49.9 Å². The fourth-order valence-corrected chi connectivity index (χ4v) is 2.09. The molecule has 1 aromatic carbocycles. The van der Waals surface area contributed by atoms with Crippen molar-refractivity contribution in [2.24, 2.45) is 0 Å². The van der Waals surface area contributed by atoms with Crippen LogP contribution in [0.1, 0.15) is 25.1 Å². The van der Waals surface area contributed by atoms with Gasteiger partial charge in [0.05, 0.1) is 6.61 Å². The van der Waals surface area contributed by atoms with E-state index in [-0.39, 0.29) is 0 Å². The summed E-state index contributed by atoms with van der Waals surface area (Å²) >= 11 is 0. The molecule has 102 valence electrons. The Kier molecular flexibility index (Phi) is 4.58. The molecule has 0 aliphatic heterocycles. The van der Waals surface area contributed by atoms with Crippen LogP contribution in [-0.2, 0) is 6.54 Å². The Hall–Kier alpha value is -1.81. The third kappa shape index (κ3) is 2.96. The Bertz CT molecular complexity index is 534. The van der Waals surface area contributed by atoms with Crippen LogP contribution in [0.15, 0.2) is 24.3 Å². The number of hydrogen-bond acceptors (Lipinski definition) is 3. The minimum atomic E-state index is 0.656. The summed E-state index contributed by atoms with van der Waals surface area (Å²) in [7, 11) is 0. The van der Waals surface area contributed by atoms with E-state index in [0.717, 1.165) is 35.8 Å². The zero-order chi connectivity index (χ0) is 13.7. The number of H-pyrrole nitrogens is 1. The Balaban J connectivity index is 2.41. The maximum Gasteiger partial charge on any atom is 0.128 e. The molecule has 0 spiro atoms. The molecule has 0 bridgehead atoms. The molecule has 2 rings (SSSR count). The summed E-state index contributed by atoms with van der Waals surface area (Å²) in [5, 5.41) is 10.9. The quantitative estimate of drug-likeness (QED) is 0.838. The van der Waals surface area contributed by atoms with Gasteiger partial charge in [-0.1, -0.05) is 19.1 Å². The van der Waals surface area contributed by atoms with E-state index in [1.807, 2.05) is 32.0 Å². The molecule has 0 unspecified atom stereocenters. The highest BCUT2D eigenvalue weighted by Crippen LogP contribution is 2.31. The molecule has 4 nitrogen and oxygen atoms in total. The molecule has 1 heterocycles. The van der Waals surface area contributed by atoms with Gasteiger partial charge < -0.3 is 10.1 Å². The van der Waals surface area contributed by atoms with Crippen LogP contribution in [0.25, 0.3) is 11.3 Å². The average molecular weight is 259 g/mol. The van der Waals surface area contributed by atoms with E-state index >= 15 is 0 Å². The van der Waals surface area contributed by atoms with Crippen LogP contribution in [0, 0.1) is 6.92 Å². The highest BCUT2D eigenvalue weighted by Gasteiger charge is 2.15. The maximum atomic E-state index is 5.69. The highest BCUT2D eigenvalue weighted by molar-refractivity contribution is 5.70. The number of ether oxygens (including phenoxy) is 1. The average Bonchev–Trinajstić information content (AvgIpc) is 2.79. The van der Waals surface area contributed by atoms with Crippen molar-refractivity contribution in [2.45, 2.75) is 27.3 Å². The van der Waals surface area contributed by atoms with Gasteiger partial charge in [-0.2, -0.15) is 5.10 Å². The minimum Gasteiger partial charge on any atom is -0.493 e. The fourth-order valence-electron chi connectivity index (χ4n) is 2.09. The van der Waals surface area contributed by atoms with E-state index in [0.29, 0.717) is 6.61 Å². The van der Waals surface area contributed by atoms with Gasteiger partial charge in [0.2, 0.25) is 0 Å². The summed E-state index contributed by atoms with van der Waals surface area (Å²) in [6.45, 7) is 8.55. The number of aryl methyl sites for hydroxylation is 1. The molecule has 0 aliphatic rings. The molecule has 2 N–H and O–H groups in total. The molecule has 0 radical (unpaired) electrons. The number of benzene rings is 1. The lowest BCUT2D eigenvalue weighted by molar-refractivity contribution is 0.341. The van der Waals surface area contributed by atoms with Crippen LogP contribution in [0.5, 0.6) is 5.75 Å². The molecule has 1 aromatic heterocycles. The molecule has 0 amide bonds. The van der Waals surface area contributed by atoms with Crippen molar-refractivity contribution in [1.29, 1.82) is 0 Å². The minimum absolute atomic E-state index is 0.656. The smallest absolute Gasteiger partial charge is 0.128 e. The summed E-state index contributed by atoms with van der Waals surface area (Å²) in [5.74, 6) is 0.884. The molecular formula is C15H21N3O. The van der Waals surface area contributed by atoms with Gasteiger partial charge in [0.25, 0.3) is 0 Å². The van der Waals surface area contributed by atoms with E-state index in [1.165, 1.54) is 5.56 Å². The van der Waals surface area contributed by atoms with Gasteiger partial charge in [0.1, 0.15) is 11.4 Å². The zero-order valence-corrected chi connectivity index (χ0v) is 11.8. The van der Waals surface area contributed by atoms with Crippen LogP contribution in [0.2, 0.25) is 0 Å². The second-order valence-electron chi connectivity index (χ2n) is 4.39. The van der Waals surface area contributed by atoms with Crippen LogP contribution in [0.3, 0.4) is 0 Å². The summed E-state index contributed by atoms with van der Waals surface area (Å²) in [6, 6.07) is 8.03. The molecular weight excluding hydrogens is 238 g/mol. The number of aromatic nitrogens is 2. The number of para-hydroxylation sites is 1. The maximum absolute atomic E-state index is 5.69. The van der Waals surface area contributed by atoms with E-state index in [2.05, 4.69) is 28.5 Å². The molecule has 0 saturated heterocycles. The van der Waals surface area contributed by atoms with Crippen LogP contribution < -0.4 is 10.1 Å². The number of aromatic amines is 1. The van der Waals surface area contributed by atoms with Gasteiger partial charge in [-0.3, -0.25) is 5.10 Å². The van der Waals surface area contributed by atoms with Crippen molar-refractivity contribution in [3.8, 4) is 17.0 Å². The SMILES string of the molecule is CCNCc1c(-c2ccccc2OCC)n[nH]c1C. The molecule has 0 fully saturated rings. The zero-order valence-electron chi connectivity index (χ0n) is 11.8. The normalized spacial score (nSPS) is 10.7. The van der Waals surface area contributed by atoms with Crippen molar-refractivity contribution >= 4 is 0 Å². The van der Waals surface area contributed by atoms with E-state index in [1.54, 1.807) is 0 Å². The Morgan fingerprint density at radius 3 is 2.79 bits per heavy atom. The van der Waals surface area contributed by atoms with Crippen molar-refractivity contribution in [3.63, 3.8) is 0 Å². The largest absolute Gasteiger partial charge is 0.493 e. The Morgan fingerprint density at radius 2 is 2.05 bits per heavy atom. The highest BCUT2D eigenvalue weighted by atomic mass is 16.5. The predicted molar refractivity (Wildman–Crippen MR) is 77.3 cm³/mol. The van der Waals surface area contributed by atoms with Gasteiger partial charge in [0.15, 0.2) is 0 Å². The molecule has 0 saturated carbocycles. The van der Waals surface area contributed by atoms with Gasteiger partial charge >= 0.3 is 0 Å². The van der Waals surface area contributed by atoms with Crippen molar-refractivity contribution in [3.05, 3.63) is 35.5 Å². The first-order chi connectivity index (χ1) is 9.27. The molecule has 4 heteroatoms. The lowest BCUT2D eigenvalue weighted by Gasteiger charge is -2.10. The lowest BCUT2D eigenvalue weighted by Crippen LogP contribution is -2.12. The van der Waals surface area contributed by atoms with Gasteiger partial charge in [-0.25, -0.2) is 0 Å². The standard InChI is InChI=1S/C15H21N3O/c1-4-16-10-13-11(3)17-18-15(13)12-8-6-7-9-14(12)19-5-2/h6-9,16H,4-5,10H2,1-3H3,(H,17,18). The number of nitrogens with zero attached hydrogens (tertiary/aromatic N) is 1. The first-order valence-electron chi connectivity index (χ1n) is 6.74. The predicted octanol–water partition coefficient (Wildman–Crippen LogP) is 2.89. The van der Waals surface area contributed by atoms with E-state index in [4.69, 9.17) is 4.74 Å². The van der Waals surface area contributed by atoms with Crippen LogP contribution >= 0.6 is 0 Å². The Labute approximate surface area is 114 Å². The second-order valence-corrected chi connectivity index (χ2v) is 4.39. The molecule has 0 aliphatic carbocycles. The fraction of sp³-hybridized carbons (Fsp3) is 0.400. The first-order valence-corrected chi connectivity index (χ1v) is 6.74. The van der Waals surface area contributed by atoms with Crippen LogP contribution in [0.4, 0.5) is 0 Å². The van der Waals surface area contributed by atoms with E-state index < -0.39 is 0 Å². The van der Waals surface area contributed by atoms with Crippen LogP contribution in [-0.4, -0.2) is 23.3 Å². The monoisotopic (exact) mass is 259 g/mol. The van der Waals surface area contributed by atoms with Crippen molar-refractivity contribution in [1.82, 2.24) is 15.5 Å².